The van der Waals surface area contributed by atoms with Crippen molar-refractivity contribution in [2.45, 2.75) is 68.0 Å². The molecular weight excluding hydrogens is 680 g/mol. The van der Waals surface area contributed by atoms with E-state index < -0.39 is 89.9 Å². The number of phosphoric acid groups is 2. The van der Waals surface area contributed by atoms with Crippen molar-refractivity contribution in [1.82, 2.24) is 24.8 Å². The summed E-state index contributed by atoms with van der Waals surface area (Å²) in [6.07, 6.45) is -9.40. The van der Waals surface area contributed by atoms with E-state index in [2.05, 4.69) is 34.1 Å². The Morgan fingerprint density at radius 3 is 2.28 bits per heavy atom. The standard InChI is InChI=1S/C21H35N9O15P2/c22-8(20(35)36)2-1-3-25-21(24)29-18-14(33)12(31)9(43-18)4-41-46(37,38)45-47(39,40)42-5-10-13(32)15(34)19(44-10)30-7-28-11-16(23)26-6-27-17(11)30/h6-10,12-15,18-19,31-34H,1-5,22H2,(H,35,36)(H,37,38)(H,39,40)(H2,23,26,27)(H3,24,25,29). The molecule has 4 heterocycles. The van der Waals surface area contributed by atoms with E-state index in [0.717, 1.165) is 6.33 Å². The topological polar surface area (TPSA) is 385 Å². The molecule has 0 aliphatic carbocycles. The molecule has 0 radical (unpaired) electrons. The van der Waals surface area contributed by atoms with Gasteiger partial charge >= 0.3 is 21.6 Å². The number of nitrogens with zero attached hydrogens (tertiary/aromatic N) is 5. The summed E-state index contributed by atoms with van der Waals surface area (Å²) >= 11 is 0. The molecule has 0 aromatic carbocycles. The Hall–Kier alpha value is -2.93. The van der Waals surface area contributed by atoms with Crippen molar-refractivity contribution in [1.29, 1.82) is 0 Å². The number of carbonyl (C=O) groups is 1. The van der Waals surface area contributed by atoms with Crippen LogP contribution >= 0.6 is 15.6 Å². The number of imidazole rings is 1. The third kappa shape index (κ3) is 9.16. The first-order chi connectivity index (χ1) is 22.0. The van der Waals surface area contributed by atoms with Crippen LogP contribution < -0.4 is 22.5 Å². The first-order valence-electron chi connectivity index (χ1n) is 13.7. The number of ether oxygens (including phenoxy) is 2. The molecule has 2 aliphatic rings. The number of hydrogen-bond donors (Lipinski definition) is 11. The summed E-state index contributed by atoms with van der Waals surface area (Å²) in [6.45, 7) is -1.77. The predicted molar refractivity (Wildman–Crippen MR) is 153 cm³/mol. The normalized spacial score (nSPS) is 31.4. The highest BCUT2D eigenvalue weighted by molar-refractivity contribution is 7.61. The second kappa shape index (κ2) is 15.1. The summed E-state index contributed by atoms with van der Waals surface area (Å²) in [4.78, 5) is 46.5. The summed E-state index contributed by atoms with van der Waals surface area (Å²) in [6, 6.07) is -1.07. The summed E-state index contributed by atoms with van der Waals surface area (Å²) < 4.78 is 50.5. The summed E-state index contributed by atoms with van der Waals surface area (Å²) in [5.74, 6) is -1.37. The molecule has 2 aliphatic heterocycles. The van der Waals surface area contributed by atoms with E-state index in [9.17, 15) is 44.1 Å². The van der Waals surface area contributed by atoms with Crippen molar-refractivity contribution in [3.8, 4) is 0 Å². The maximum absolute atomic E-state index is 12.4. The van der Waals surface area contributed by atoms with Crippen molar-refractivity contribution in [3.05, 3.63) is 12.7 Å². The van der Waals surface area contributed by atoms with Crippen LogP contribution in [0.25, 0.3) is 11.2 Å². The van der Waals surface area contributed by atoms with Gasteiger partial charge in [0.25, 0.3) is 0 Å². The van der Waals surface area contributed by atoms with E-state index in [-0.39, 0.29) is 42.3 Å². The molecular formula is C21H35N9O15P2. The minimum absolute atomic E-state index is 0.0427. The largest absolute Gasteiger partial charge is 0.481 e. The van der Waals surface area contributed by atoms with E-state index in [1.54, 1.807) is 0 Å². The van der Waals surface area contributed by atoms with Gasteiger partial charge in [0.15, 0.2) is 29.9 Å². The molecule has 2 aromatic rings. The molecule has 0 bridgehead atoms. The van der Waals surface area contributed by atoms with Crippen molar-refractivity contribution in [3.63, 3.8) is 0 Å². The SMILES string of the molecule is NC(=NCCCC(N)C(=O)O)NC1OC(COP(=O)(O)OP(=O)(O)OCC2OC(n3cnc4c(N)ncnc43)C(O)C2O)C(O)C1O. The molecule has 2 aromatic heterocycles. The number of aromatic nitrogens is 4. The van der Waals surface area contributed by atoms with Crippen LogP contribution in [0.2, 0.25) is 0 Å². The number of aliphatic hydroxyl groups is 4. The van der Waals surface area contributed by atoms with Gasteiger partial charge < -0.3 is 67.3 Å². The third-order valence-corrected chi connectivity index (χ3v) is 9.54. The second-order valence-corrected chi connectivity index (χ2v) is 13.4. The van der Waals surface area contributed by atoms with Crippen molar-refractivity contribution in [2.24, 2.45) is 16.5 Å². The quantitative estimate of drug-likeness (QED) is 0.0360. The maximum Gasteiger partial charge on any atom is 0.481 e. The van der Waals surface area contributed by atoms with E-state index >= 15 is 0 Å². The number of carboxylic acid groups (broad SMARTS) is 1. The minimum atomic E-state index is -5.39. The average molecular weight is 716 g/mol. The fourth-order valence-electron chi connectivity index (χ4n) is 4.50. The van der Waals surface area contributed by atoms with Crippen LogP contribution in [0.4, 0.5) is 5.82 Å². The number of guanidine groups is 1. The Morgan fingerprint density at radius 2 is 1.64 bits per heavy atom. The molecule has 26 heteroatoms. The van der Waals surface area contributed by atoms with E-state index in [4.69, 9.17) is 36.3 Å². The zero-order valence-corrected chi connectivity index (χ0v) is 25.9. The maximum atomic E-state index is 12.4. The Kier molecular flexibility index (Phi) is 11.8. The number of anilines is 1. The van der Waals surface area contributed by atoms with Crippen LogP contribution in [0.3, 0.4) is 0 Å². The van der Waals surface area contributed by atoms with Crippen molar-refractivity contribution in [2.75, 3.05) is 25.5 Å². The first-order valence-corrected chi connectivity index (χ1v) is 16.7. The van der Waals surface area contributed by atoms with Gasteiger partial charge in [-0.1, -0.05) is 0 Å². The molecule has 264 valence electrons. The number of aliphatic carboxylic acids is 1. The second-order valence-electron chi connectivity index (χ2n) is 10.3. The van der Waals surface area contributed by atoms with Gasteiger partial charge in [0.2, 0.25) is 0 Å². The Bertz CT molecular complexity index is 1530. The molecule has 11 unspecified atom stereocenters. The Labute approximate surface area is 264 Å². The number of hydrogen-bond acceptors (Lipinski definition) is 18. The number of aliphatic imine (C=N–C) groups is 1. The van der Waals surface area contributed by atoms with Gasteiger partial charge in [-0.2, -0.15) is 4.31 Å². The monoisotopic (exact) mass is 715 g/mol. The van der Waals surface area contributed by atoms with Crippen LogP contribution in [-0.2, 0) is 36.8 Å². The zero-order chi connectivity index (χ0) is 34.7. The summed E-state index contributed by atoms with van der Waals surface area (Å²) in [5.41, 5.74) is 17.2. The third-order valence-electron chi connectivity index (χ3n) is 6.93. The molecule has 11 atom stereocenters. The van der Waals surface area contributed by atoms with E-state index in [0.29, 0.717) is 0 Å². The van der Waals surface area contributed by atoms with Gasteiger partial charge in [-0.3, -0.25) is 23.4 Å². The number of phosphoric ester groups is 2. The summed E-state index contributed by atoms with van der Waals surface area (Å²) in [5, 5.41) is 52.6. The van der Waals surface area contributed by atoms with Crippen LogP contribution in [0.5, 0.6) is 0 Å². The fraction of sp³-hybridized carbons (Fsp3) is 0.667. The summed E-state index contributed by atoms with van der Waals surface area (Å²) in [7, 11) is -10.8. The van der Waals surface area contributed by atoms with Gasteiger partial charge in [-0.15, -0.1) is 0 Å². The molecule has 2 fully saturated rings. The van der Waals surface area contributed by atoms with Crippen LogP contribution in [-0.4, -0.2) is 135 Å². The lowest BCUT2D eigenvalue weighted by molar-refractivity contribution is -0.138. The van der Waals surface area contributed by atoms with Gasteiger partial charge in [0.05, 0.1) is 19.5 Å². The lowest BCUT2D eigenvalue weighted by Gasteiger charge is -2.20. The highest BCUT2D eigenvalue weighted by Crippen LogP contribution is 2.60. The molecule has 2 saturated heterocycles. The average Bonchev–Trinajstić information content (AvgIpc) is 3.63. The number of fused-ring (bicyclic) bond motifs is 1. The molecule has 0 amide bonds. The first kappa shape index (κ1) is 36.9. The minimum Gasteiger partial charge on any atom is -0.480 e. The molecule has 47 heavy (non-hydrogen) atoms. The van der Waals surface area contributed by atoms with Crippen molar-refractivity contribution >= 4 is 44.6 Å². The highest BCUT2D eigenvalue weighted by Gasteiger charge is 2.47. The van der Waals surface area contributed by atoms with Crippen LogP contribution in [0.1, 0.15) is 19.1 Å². The lowest BCUT2D eigenvalue weighted by Crippen LogP contribution is -2.47. The molecule has 0 saturated carbocycles. The number of nitrogens with one attached hydrogen (secondary N) is 1. The van der Waals surface area contributed by atoms with Gasteiger partial charge in [-0.05, 0) is 12.8 Å². The van der Waals surface area contributed by atoms with Gasteiger partial charge in [-0.25, -0.2) is 24.1 Å². The molecule has 24 nitrogen and oxygen atoms in total. The lowest BCUT2D eigenvalue weighted by atomic mass is 10.1. The molecule has 14 N–H and O–H groups in total. The van der Waals surface area contributed by atoms with Crippen LogP contribution in [0.15, 0.2) is 17.6 Å². The Morgan fingerprint density at radius 1 is 1.02 bits per heavy atom. The highest BCUT2D eigenvalue weighted by atomic mass is 31.3. The van der Waals surface area contributed by atoms with Gasteiger partial charge in [0.1, 0.15) is 54.5 Å². The number of aliphatic hydroxyl groups excluding tert-OH is 4. The smallest absolute Gasteiger partial charge is 0.480 e. The fourth-order valence-corrected chi connectivity index (χ4v) is 6.59. The Balaban J connectivity index is 1.25. The van der Waals surface area contributed by atoms with Gasteiger partial charge in [0, 0.05) is 6.54 Å². The molecule has 4 rings (SSSR count). The number of nitrogens with two attached hydrogens (primary N) is 3. The number of rotatable bonds is 15. The van der Waals surface area contributed by atoms with Crippen LogP contribution in [0, 0.1) is 0 Å². The van der Waals surface area contributed by atoms with Crippen molar-refractivity contribution < 1.29 is 72.1 Å². The van der Waals surface area contributed by atoms with E-state index in [1.807, 2.05) is 0 Å². The van der Waals surface area contributed by atoms with E-state index in [1.165, 1.54) is 10.9 Å². The predicted octanol–water partition coefficient (Wildman–Crippen LogP) is -4.18. The zero-order valence-electron chi connectivity index (χ0n) is 24.1. The molecule has 0 spiro atoms. The number of nitrogen functional groups attached to an aromatic ring is 1. The number of carboxylic acids is 1.